The maximum Gasteiger partial charge on any atom is 2.00 e. The van der Waals surface area contributed by atoms with Crippen molar-refractivity contribution >= 4 is 10.8 Å². The number of hydrogen-bond acceptors (Lipinski definition) is 2. The third-order valence-corrected chi connectivity index (χ3v) is 10.3. The Balaban J connectivity index is 0.00000465. The Kier molecular flexibility index (Phi) is 10.6. The van der Waals surface area contributed by atoms with Gasteiger partial charge in [0.2, 0.25) is 0 Å². The molecule has 0 bridgehead atoms. The molecule has 0 saturated carbocycles. The number of hydrogen-bond donors (Lipinski definition) is 0. The Morgan fingerprint density at radius 2 is 0.927 bits per heavy atom. The Morgan fingerprint density at radius 1 is 0.418 bits per heavy atom. The zero-order valence-corrected chi connectivity index (χ0v) is 34.5. The van der Waals surface area contributed by atoms with Crippen molar-refractivity contribution in [3.63, 3.8) is 0 Å². The van der Waals surface area contributed by atoms with Gasteiger partial charge in [0, 0.05) is 23.8 Å². The topological polar surface area (TPSA) is 25.8 Å². The number of aromatic nitrogens is 2. The van der Waals surface area contributed by atoms with E-state index in [0.717, 1.165) is 50.0 Å². The molecule has 3 heteroatoms. The summed E-state index contributed by atoms with van der Waals surface area (Å²) in [7, 11) is 0. The molecule has 0 spiro atoms. The Hall–Kier alpha value is -5.43. The predicted octanol–water partition coefficient (Wildman–Crippen LogP) is 13.8. The number of nitrogens with zero attached hydrogens (tertiary/aromatic N) is 2. The monoisotopic (exact) mass is 891 g/mol. The van der Waals surface area contributed by atoms with Gasteiger partial charge < -0.3 is 0 Å². The van der Waals surface area contributed by atoms with E-state index >= 15 is 0 Å². The van der Waals surface area contributed by atoms with E-state index in [2.05, 4.69) is 199 Å². The van der Waals surface area contributed by atoms with E-state index < -0.39 is 0 Å². The first kappa shape index (κ1) is 37.9. The van der Waals surface area contributed by atoms with E-state index in [1.807, 2.05) is 12.4 Å². The molecule has 55 heavy (non-hydrogen) atoms. The van der Waals surface area contributed by atoms with Crippen LogP contribution in [0.4, 0.5) is 0 Å². The van der Waals surface area contributed by atoms with Gasteiger partial charge >= 0.3 is 21.1 Å². The van der Waals surface area contributed by atoms with Gasteiger partial charge in [-0.2, -0.15) is 0 Å². The Labute approximate surface area is 340 Å². The van der Waals surface area contributed by atoms with E-state index in [0.29, 0.717) is 0 Å². The van der Waals surface area contributed by atoms with Gasteiger partial charge in [-0.3, -0.25) is 9.97 Å². The summed E-state index contributed by atoms with van der Waals surface area (Å²) in [4.78, 5) is 9.75. The number of benzene rings is 6. The van der Waals surface area contributed by atoms with Crippen molar-refractivity contribution in [2.75, 3.05) is 0 Å². The average Bonchev–Trinajstić information content (AvgIpc) is 3.20. The molecule has 2 aromatic heterocycles. The zero-order valence-electron chi connectivity index (χ0n) is 32.2. The molecule has 0 N–H and O–H groups in total. The Morgan fingerprint density at radius 3 is 1.49 bits per heavy atom. The SMILES string of the molecule is CC(C)(C)c1ccnc(-c2[c-]c3c(-c4[c-]c(-c5cc(C(C)(C)C)ccn5)cc(-c5c(-c6ccccc6)cccc5-c5ccccc5)c4)cccc3cc2)c1.[Pt+2]. The summed E-state index contributed by atoms with van der Waals surface area (Å²) in [5.74, 6) is 0. The van der Waals surface area contributed by atoms with Crippen LogP contribution >= 0.6 is 0 Å². The second kappa shape index (κ2) is 15.4. The van der Waals surface area contributed by atoms with Crippen molar-refractivity contribution in [2.45, 2.75) is 52.4 Å². The average molecular weight is 892 g/mol. The molecule has 0 fully saturated rings. The first-order valence-corrected chi connectivity index (χ1v) is 18.7. The zero-order chi connectivity index (χ0) is 37.5. The third kappa shape index (κ3) is 7.89. The van der Waals surface area contributed by atoms with Gasteiger partial charge in [-0.1, -0.05) is 178 Å². The largest absolute Gasteiger partial charge is 2.00 e. The molecule has 0 aliphatic rings. The van der Waals surface area contributed by atoms with Crippen LogP contribution in [0.25, 0.3) is 77.8 Å². The molecule has 0 atom stereocenters. The summed E-state index contributed by atoms with van der Waals surface area (Å²) >= 11 is 0. The standard InChI is InChI=1S/C52H44N2.Pt/c1-51(2,3)42-25-27-53-48(33-42)38-24-23-37-19-13-20-44(47(37)32-38)39-29-40(49-34-43(26-28-54-49)52(4,5)6)31-41(30-39)50-45(35-15-9-7-10-16-35)21-14-22-46(50)36-17-11-8-12-18-36;/h7-28,30-31,33-34H,1-6H3;/q-2;+2. The molecule has 0 unspecified atom stereocenters. The maximum absolute atomic E-state index is 4.95. The summed E-state index contributed by atoms with van der Waals surface area (Å²) in [5, 5.41) is 2.15. The van der Waals surface area contributed by atoms with Crippen molar-refractivity contribution in [3.8, 4) is 67.0 Å². The van der Waals surface area contributed by atoms with Crippen LogP contribution in [0.5, 0.6) is 0 Å². The quantitative estimate of drug-likeness (QED) is 0.155. The van der Waals surface area contributed by atoms with Gasteiger partial charge in [-0.25, -0.2) is 0 Å². The molecule has 0 aliphatic heterocycles. The number of fused-ring (bicyclic) bond motifs is 1. The summed E-state index contributed by atoms with van der Waals surface area (Å²) in [6.07, 6.45) is 3.84. The van der Waals surface area contributed by atoms with Crippen molar-refractivity contribution < 1.29 is 21.1 Å². The van der Waals surface area contributed by atoms with Crippen molar-refractivity contribution in [3.05, 3.63) is 181 Å². The minimum absolute atomic E-state index is 0. The summed E-state index contributed by atoms with van der Waals surface area (Å²) in [6, 6.07) is 59.8. The molecule has 2 nitrogen and oxygen atoms in total. The minimum Gasteiger partial charge on any atom is -0.295 e. The van der Waals surface area contributed by atoms with Crippen LogP contribution in [-0.4, -0.2) is 9.97 Å². The molecular weight excluding hydrogens is 848 g/mol. The molecule has 0 aliphatic carbocycles. The first-order chi connectivity index (χ1) is 26.0. The molecule has 0 saturated heterocycles. The molecule has 0 radical (unpaired) electrons. The van der Waals surface area contributed by atoms with Crippen LogP contribution in [0.1, 0.15) is 52.7 Å². The summed E-state index contributed by atoms with van der Waals surface area (Å²) < 4.78 is 0. The fourth-order valence-corrected chi connectivity index (χ4v) is 7.24. The number of rotatable bonds is 6. The normalized spacial score (nSPS) is 11.7. The van der Waals surface area contributed by atoms with Crippen LogP contribution in [-0.2, 0) is 31.9 Å². The summed E-state index contributed by atoms with van der Waals surface area (Å²) in [6.45, 7) is 13.4. The van der Waals surface area contributed by atoms with Crippen LogP contribution in [0, 0.1) is 12.1 Å². The van der Waals surface area contributed by atoms with Crippen molar-refractivity contribution in [1.29, 1.82) is 0 Å². The molecule has 0 amide bonds. The van der Waals surface area contributed by atoms with E-state index in [-0.39, 0.29) is 31.9 Å². The van der Waals surface area contributed by atoms with Crippen molar-refractivity contribution in [1.82, 2.24) is 9.97 Å². The molecule has 8 aromatic rings. The maximum atomic E-state index is 4.95. The fraction of sp³-hybridized carbons (Fsp3) is 0.154. The van der Waals surface area contributed by atoms with Crippen LogP contribution in [0.2, 0.25) is 0 Å². The molecular formula is C52H44N2Pt. The molecule has 2 heterocycles. The predicted molar refractivity (Wildman–Crippen MR) is 227 cm³/mol. The van der Waals surface area contributed by atoms with Gasteiger partial charge in [0.25, 0.3) is 0 Å². The second-order valence-corrected chi connectivity index (χ2v) is 16.2. The number of pyridine rings is 2. The molecule has 8 rings (SSSR count). The van der Waals surface area contributed by atoms with E-state index in [4.69, 9.17) is 9.97 Å². The first-order valence-electron chi connectivity index (χ1n) is 18.7. The smallest absolute Gasteiger partial charge is 0.295 e. The van der Waals surface area contributed by atoms with Crippen molar-refractivity contribution in [2.24, 2.45) is 0 Å². The second-order valence-electron chi connectivity index (χ2n) is 16.2. The minimum atomic E-state index is -0.0299. The van der Waals surface area contributed by atoms with E-state index in [9.17, 15) is 0 Å². The van der Waals surface area contributed by atoms with E-state index in [1.165, 1.54) is 38.9 Å². The third-order valence-electron chi connectivity index (χ3n) is 10.3. The van der Waals surface area contributed by atoms with Gasteiger partial charge in [-0.05, 0) is 61.9 Å². The van der Waals surface area contributed by atoms with Gasteiger partial charge in [0.05, 0.1) is 0 Å². The van der Waals surface area contributed by atoms with Gasteiger partial charge in [0.1, 0.15) is 0 Å². The summed E-state index contributed by atoms with van der Waals surface area (Å²) in [5.41, 5.74) is 15.2. The Bertz CT molecular complexity index is 2550. The van der Waals surface area contributed by atoms with Crippen LogP contribution in [0.15, 0.2) is 158 Å². The van der Waals surface area contributed by atoms with Gasteiger partial charge in [0.15, 0.2) is 0 Å². The molecule has 272 valence electrons. The fourth-order valence-electron chi connectivity index (χ4n) is 7.24. The van der Waals surface area contributed by atoms with Crippen LogP contribution in [0.3, 0.4) is 0 Å². The van der Waals surface area contributed by atoms with E-state index in [1.54, 1.807) is 0 Å². The molecule has 6 aromatic carbocycles. The van der Waals surface area contributed by atoms with Gasteiger partial charge in [-0.15, -0.1) is 47.3 Å². The van der Waals surface area contributed by atoms with Crippen LogP contribution < -0.4 is 0 Å².